The van der Waals surface area contributed by atoms with Gasteiger partial charge in [-0.15, -0.1) is 0 Å². The number of aryl methyl sites for hydroxylation is 1. The Kier molecular flexibility index (Phi) is 4.55. The van der Waals surface area contributed by atoms with Crippen LogP contribution in [0.25, 0.3) is 0 Å². The van der Waals surface area contributed by atoms with Gasteiger partial charge in [-0.2, -0.15) is 4.94 Å². The molecule has 1 aromatic carbocycles. The Morgan fingerprint density at radius 1 is 1.50 bits per heavy atom. The molecule has 0 saturated carbocycles. The fraction of sp³-hybridized carbons (Fsp3) is 0.500. The summed E-state index contributed by atoms with van der Waals surface area (Å²) >= 11 is 0.221. The van der Waals surface area contributed by atoms with Crippen molar-refractivity contribution in [3.8, 4) is 0 Å². The Morgan fingerprint density at radius 3 is 3.00 bits per heavy atom. The van der Waals surface area contributed by atoms with Crippen molar-refractivity contribution in [2.75, 3.05) is 12.3 Å². The SMILES string of the molecule is OSCC(F)(CNC1CCc2ccccc21)OF. The molecule has 1 aromatic rings. The highest BCUT2D eigenvalue weighted by Crippen LogP contribution is 2.31. The molecule has 6 heteroatoms. The lowest BCUT2D eigenvalue weighted by Gasteiger charge is -2.22. The fourth-order valence-electron chi connectivity index (χ4n) is 2.24. The van der Waals surface area contributed by atoms with Crippen molar-refractivity contribution in [2.45, 2.75) is 24.7 Å². The maximum Gasteiger partial charge on any atom is 0.269 e. The molecule has 18 heavy (non-hydrogen) atoms. The first-order valence-corrected chi connectivity index (χ1v) is 6.69. The lowest BCUT2D eigenvalue weighted by atomic mass is 10.1. The Hall–Kier alpha value is -0.690. The number of nitrogens with one attached hydrogen (secondary N) is 1. The van der Waals surface area contributed by atoms with Crippen LogP contribution in [0.5, 0.6) is 0 Å². The highest BCUT2D eigenvalue weighted by atomic mass is 32.2. The van der Waals surface area contributed by atoms with Crippen LogP contribution in [0.2, 0.25) is 0 Å². The Labute approximate surface area is 109 Å². The van der Waals surface area contributed by atoms with Crippen molar-refractivity contribution in [1.29, 1.82) is 0 Å². The smallest absolute Gasteiger partial charge is 0.269 e. The molecule has 2 N–H and O–H groups in total. The van der Waals surface area contributed by atoms with Crippen LogP contribution in [-0.4, -0.2) is 22.7 Å². The van der Waals surface area contributed by atoms with Gasteiger partial charge in [0.05, 0.1) is 12.3 Å². The maximum atomic E-state index is 13.7. The number of rotatable bonds is 6. The molecule has 0 bridgehead atoms. The summed E-state index contributed by atoms with van der Waals surface area (Å²) in [5, 5.41) is 2.95. The standard InChI is InChI=1S/C12H15F2NO2S/c13-12(17-14,8-18-16)7-15-11-6-5-9-3-1-2-4-10(9)11/h1-4,11,15-16H,5-8H2. The van der Waals surface area contributed by atoms with Gasteiger partial charge in [0.15, 0.2) is 0 Å². The molecule has 100 valence electrons. The van der Waals surface area contributed by atoms with Gasteiger partial charge in [-0.3, -0.25) is 0 Å². The lowest BCUT2D eigenvalue weighted by Crippen LogP contribution is -2.40. The molecule has 0 spiro atoms. The average Bonchev–Trinajstić information content (AvgIpc) is 2.80. The summed E-state index contributed by atoms with van der Waals surface area (Å²) in [7, 11) is 0. The van der Waals surface area contributed by atoms with E-state index in [1.807, 2.05) is 24.3 Å². The van der Waals surface area contributed by atoms with Crippen LogP contribution in [0, 0.1) is 0 Å². The molecular formula is C12H15F2NO2S. The third kappa shape index (κ3) is 3.00. The van der Waals surface area contributed by atoms with Gasteiger partial charge in [-0.05, 0) is 40.5 Å². The zero-order chi connectivity index (χ0) is 13.0. The number of fused-ring (bicyclic) bond motifs is 1. The van der Waals surface area contributed by atoms with Gasteiger partial charge in [-0.1, -0.05) is 24.3 Å². The van der Waals surface area contributed by atoms with Crippen molar-refractivity contribution < 1.29 is 18.4 Å². The molecule has 0 heterocycles. The topological polar surface area (TPSA) is 41.5 Å². The molecule has 0 aliphatic heterocycles. The van der Waals surface area contributed by atoms with Crippen LogP contribution in [0.1, 0.15) is 23.6 Å². The van der Waals surface area contributed by atoms with E-state index in [0.717, 1.165) is 18.4 Å². The average molecular weight is 275 g/mol. The number of alkyl halides is 1. The van der Waals surface area contributed by atoms with Gasteiger partial charge in [0, 0.05) is 6.04 Å². The summed E-state index contributed by atoms with van der Waals surface area (Å²) in [5.74, 6) is -2.96. The maximum absolute atomic E-state index is 13.7. The van der Waals surface area contributed by atoms with Crippen molar-refractivity contribution in [1.82, 2.24) is 5.32 Å². The molecule has 2 atom stereocenters. The fourth-order valence-corrected chi connectivity index (χ4v) is 2.58. The summed E-state index contributed by atoms with van der Waals surface area (Å²) in [6, 6.07) is 7.92. The second-order valence-corrected chi connectivity index (χ2v) is 4.95. The second kappa shape index (κ2) is 5.97. The van der Waals surface area contributed by atoms with E-state index in [-0.39, 0.29) is 24.6 Å². The van der Waals surface area contributed by atoms with Crippen LogP contribution in [0.15, 0.2) is 24.3 Å². The van der Waals surface area contributed by atoms with E-state index in [1.54, 1.807) is 0 Å². The Balaban J connectivity index is 1.96. The molecule has 0 saturated heterocycles. The van der Waals surface area contributed by atoms with Gasteiger partial charge in [0.2, 0.25) is 0 Å². The van der Waals surface area contributed by atoms with Crippen LogP contribution in [0.3, 0.4) is 0 Å². The number of hydrogen-bond donors (Lipinski definition) is 2. The van der Waals surface area contributed by atoms with Gasteiger partial charge in [0.1, 0.15) is 0 Å². The minimum absolute atomic E-state index is 0.00941. The molecule has 0 aromatic heterocycles. The van der Waals surface area contributed by atoms with E-state index in [0.29, 0.717) is 0 Å². The minimum atomic E-state index is -2.49. The Morgan fingerprint density at radius 2 is 2.28 bits per heavy atom. The molecule has 3 nitrogen and oxygen atoms in total. The molecule has 0 fully saturated rings. The van der Waals surface area contributed by atoms with Crippen LogP contribution in [0.4, 0.5) is 8.92 Å². The van der Waals surface area contributed by atoms with Gasteiger partial charge < -0.3 is 9.87 Å². The van der Waals surface area contributed by atoms with E-state index in [9.17, 15) is 8.92 Å². The summed E-state index contributed by atoms with van der Waals surface area (Å²) in [4.78, 5) is 3.32. The van der Waals surface area contributed by atoms with Crippen LogP contribution >= 0.6 is 12.0 Å². The number of halogens is 2. The van der Waals surface area contributed by atoms with Crippen molar-refractivity contribution in [3.05, 3.63) is 35.4 Å². The van der Waals surface area contributed by atoms with E-state index in [4.69, 9.17) is 4.55 Å². The number of hydrogen-bond acceptors (Lipinski definition) is 4. The Bertz CT molecular complexity index is 407. The van der Waals surface area contributed by atoms with Crippen molar-refractivity contribution in [2.24, 2.45) is 0 Å². The van der Waals surface area contributed by atoms with E-state index >= 15 is 0 Å². The predicted molar refractivity (Wildman–Crippen MR) is 66.6 cm³/mol. The largest absolute Gasteiger partial charge is 0.330 e. The quantitative estimate of drug-likeness (QED) is 0.783. The first kappa shape index (κ1) is 13.7. The summed E-state index contributed by atoms with van der Waals surface area (Å²) in [5.41, 5.74) is 2.35. The third-order valence-corrected chi connectivity index (χ3v) is 3.72. The highest BCUT2D eigenvalue weighted by molar-refractivity contribution is 7.93. The summed E-state index contributed by atoms with van der Waals surface area (Å²) < 4.78 is 34.5. The summed E-state index contributed by atoms with van der Waals surface area (Å²) in [6.45, 7) is -0.296. The minimum Gasteiger partial charge on any atom is -0.330 e. The molecule has 0 amide bonds. The van der Waals surface area contributed by atoms with E-state index < -0.39 is 11.6 Å². The highest BCUT2D eigenvalue weighted by Gasteiger charge is 2.34. The van der Waals surface area contributed by atoms with Gasteiger partial charge >= 0.3 is 0 Å². The molecule has 2 unspecified atom stereocenters. The third-order valence-electron chi connectivity index (χ3n) is 3.16. The first-order chi connectivity index (χ1) is 8.68. The predicted octanol–water partition coefficient (Wildman–Crippen LogP) is 3.04. The molecule has 1 aliphatic rings. The normalized spacial score (nSPS) is 21.6. The van der Waals surface area contributed by atoms with Gasteiger partial charge in [-0.25, -0.2) is 4.39 Å². The lowest BCUT2D eigenvalue weighted by molar-refractivity contribution is -0.280. The second-order valence-electron chi connectivity index (χ2n) is 4.40. The molecule has 2 rings (SSSR count). The van der Waals surface area contributed by atoms with E-state index in [2.05, 4.69) is 10.3 Å². The van der Waals surface area contributed by atoms with Gasteiger partial charge in [0.25, 0.3) is 5.85 Å². The summed E-state index contributed by atoms with van der Waals surface area (Å²) in [6.07, 6.45) is 1.78. The molecule has 1 aliphatic carbocycles. The molecular weight excluding hydrogens is 260 g/mol. The first-order valence-electron chi connectivity index (χ1n) is 5.75. The monoisotopic (exact) mass is 275 g/mol. The van der Waals surface area contributed by atoms with Crippen molar-refractivity contribution >= 4 is 12.0 Å². The van der Waals surface area contributed by atoms with E-state index in [1.165, 1.54) is 5.56 Å². The van der Waals surface area contributed by atoms with Crippen LogP contribution < -0.4 is 5.32 Å². The van der Waals surface area contributed by atoms with Crippen LogP contribution in [-0.2, 0) is 11.4 Å². The zero-order valence-electron chi connectivity index (χ0n) is 9.73. The molecule has 0 radical (unpaired) electrons. The number of benzene rings is 1. The van der Waals surface area contributed by atoms with Crippen molar-refractivity contribution in [3.63, 3.8) is 0 Å². The zero-order valence-corrected chi connectivity index (χ0v) is 10.6.